The van der Waals surface area contributed by atoms with Crippen LogP contribution in [0.4, 0.5) is 8.78 Å². The summed E-state index contributed by atoms with van der Waals surface area (Å²) in [5.74, 6) is -0.309. The van der Waals surface area contributed by atoms with E-state index in [1.807, 2.05) is 0 Å². The quantitative estimate of drug-likeness (QED) is 0.857. The van der Waals surface area contributed by atoms with Gasteiger partial charge in [0.1, 0.15) is 11.6 Å². The van der Waals surface area contributed by atoms with Gasteiger partial charge in [0.05, 0.1) is 11.6 Å². The normalized spacial score (nSPS) is 30.6. The molecule has 3 heterocycles. The van der Waals surface area contributed by atoms with Crippen LogP contribution < -0.4 is 5.32 Å². The molecule has 27 heavy (non-hydrogen) atoms. The first-order chi connectivity index (χ1) is 12.9. The van der Waals surface area contributed by atoms with Crippen LogP contribution in [-0.2, 0) is 11.3 Å². The van der Waals surface area contributed by atoms with E-state index in [9.17, 15) is 13.6 Å². The molecule has 1 N–H and O–H groups in total. The summed E-state index contributed by atoms with van der Waals surface area (Å²) in [5.41, 5.74) is 0.371. The molecular weight excluding hydrogens is 348 g/mol. The van der Waals surface area contributed by atoms with Crippen LogP contribution in [0.3, 0.4) is 0 Å². The van der Waals surface area contributed by atoms with Crippen LogP contribution in [0.5, 0.6) is 0 Å². The molecule has 3 aliphatic heterocycles. The summed E-state index contributed by atoms with van der Waals surface area (Å²) < 4.78 is 27.3. The van der Waals surface area contributed by atoms with E-state index in [0.717, 1.165) is 44.8 Å². The molecule has 0 spiro atoms. The minimum Gasteiger partial charge on any atom is -0.333 e. The Morgan fingerprint density at radius 3 is 2.85 bits per heavy atom. The smallest absolute Gasteiger partial charge is 0.240 e. The van der Waals surface area contributed by atoms with Crippen molar-refractivity contribution < 1.29 is 13.6 Å². The molecule has 4 nitrogen and oxygen atoms in total. The predicted molar refractivity (Wildman–Crippen MR) is 100 cm³/mol. The minimum atomic E-state index is -0.545. The van der Waals surface area contributed by atoms with Crippen LogP contribution in [0.15, 0.2) is 18.2 Å². The van der Waals surface area contributed by atoms with Gasteiger partial charge in [-0.1, -0.05) is 19.9 Å². The van der Waals surface area contributed by atoms with Gasteiger partial charge in [0.15, 0.2) is 0 Å². The van der Waals surface area contributed by atoms with Gasteiger partial charge < -0.3 is 10.2 Å². The van der Waals surface area contributed by atoms with Crippen LogP contribution in [0.2, 0.25) is 0 Å². The molecule has 3 fully saturated rings. The fraction of sp³-hybridized carbons (Fsp3) is 0.667. The molecule has 6 heteroatoms. The highest BCUT2D eigenvalue weighted by atomic mass is 19.1. The average molecular weight is 377 g/mol. The summed E-state index contributed by atoms with van der Waals surface area (Å²) in [5, 5.41) is 3.34. The van der Waals surface area contributed by atoms with Gasteiger partial charge in [0.2, 0.25) is 5.91 Å². The SMILES string of the molecule is CC(C)C[C@@]12C[C@@H](CN1C(=O)[C@@H]1CCCN1)N(Cc1ccc(F)cc1F)C2. The topological polar surface area (TPSA) is 35.6 Å². The summed E-state index contributed by atoms with van der Waals surface area (Å²) >= 11 is 0. The number of carbonyl (C=O) groups excluding carboxylic acids is 1. The third-order valence-corrected chi connectivity index (χ3v) is 6.40. The van der Waals surface area contributed by atoms with E-state index >= 15 is 0 Å². The van der Waals surface area contributed by atoms with Crippen molar-refractivity contribution in [3.8, 4) is 0 Å². The number of rotatable bonds is 5. The Bertz CT molecular complexity index is 719. The Hall–Kier alpha value is -1.53. The zero-order chi connectivity index (χ0) is 19.2. The first-order valence-electron chi connectivity index (χ1n) is 10.1. The van der Waals surface area contributed by atoms with E-state index in [2.05, 4.69) is 29.0 Å². The molecule has 1 aromatic carbocycles. The molecular formula is C21H29F2N3O. The Balaban J connectivity index is 1.53. The van der Waals surface area contributed by atoms with Crippen molar-refractivity contribution in [2.45, 2.75) is 63.7 Å². The number of nitrogens with zero attached hydrogens (tertiary/aromatic N) is 2. The van der Waals surface area contributed by atoms with E-state index in [0.29, 0.717) is 24.6 Å². The highest BCUT2D eigenvalue weighted by Crippen LogP contribution is 2.45. The van der Waals surface area contributed by atoms with E-state index in [4.69, 9.17) is 0 Å². The standard InChI is InChI=1S/C21H29F2N3O/c1-14(2)9-21-10-17(12-26(21)20(27)19-4-3-7-24-19)25(13-21)11-15-5-6-16(22)8-18(15)23/h5-6,8,14,17,19,24H,3-4,7,9-13H2,1-2H3/t17-,19-,21-/m0/s1. The highest BCUT2D eigenvalue weighted by Gasteiger charge is 2.56. The van der Waals surface area contributed by atoms with Crippen molar-refractivity contribution in [3.05, 3.63) is 35.4 Å². The van der Waals surface area contributed by atoms with Crippen LogP contribution in [-0.4, -0.2) is 53.0 Å². The van der Waals surface area contributed by atoms with Crippen molar-refractivity contribution in [1.29, 1.82) is 0 Å². The third kappa shape index (κ3) is 3.49. The van der Waals surface area contributed by atoms with Crippen LogP contribution in [0, 0.1) is 17.6 Å². The fourth-order valence-corrected chi connectivity index (χ4v) is 5.40. The lowest BCUT2D eigenvalue weighted by Crippen LogP contribution is -2.59. The summed E-state index contributed by atoms with van der Waals surface area (Å²) in [6, 6.07) is 4.01. The maximum absolute atomic E-state index is 14.1. The second-order valence-corrected chi connectivity index (χ2v) is 8.92. The number of hydrogen-bond donors (Lipinski definition) is 1. The van der Waals surface area contributed by atoms with Crippen molar-refractivity contribution in [1.82, 2.24) is 15.1 Å². The monoisotopic (exact) mass is 377 g/mol. The van der Waals surface area contributed by atoms with Crippen LogP contribution in [0.1, 0.15) is 45.1 Å². The van der Waals surface area contributed by atoms with Gasteiger partial charge in [-0.15, -0.1) is 0 Å². The molecule has 3 atom stereocenters. The van der Waals surface area contributed by atoms with Crippen LogP contribution >= 0.6 is 0 Å². The average Bonchev–Trinajstić information content (AvgIpc) is 3.30. The maximum atomic E-state index is 14.1. The zero-order valence-corrected chi connectivity index (χ0v) is 16.2. The Kier molecular flexibility index (Phi) is 4.97. The predicted octanol–water partition coefficient (Wildman–Crippen LogP) is 2.92. The number of amides is 1. The maximum Gasteiger partial charge on any atom is 0.240 e. The Morgan fingerprint density at radius 1 is 1.37 bits per heavy atom. The molecule has 0 unspecified atom stereocenters. The fourth-order valence-electron chi connectivity index (χ4n) is 5.40. The molecule has 0 radical (unpaired) electrons. The summed E-state index contributed by atoms with van der Waals surface area (Å²) in [6.07, 6.45) is 3.89. The Morgan fingerprint density at radius 2 is 2.19 bits per heavy atom. The molecule has 148 valence electrons. The second-order valence-electron chi connectivity index (χ2n) is 8.92. The number of nitrogens with one attached hydrogen (secondary N) is 1. The molecule has 3 saturated heterocycles. The van der Waals surface area contributed by atoms with Gasteiger partial charge in [0, 0.05) is 37.3 Å². The molecule has 0 aromatic heterocycles. The number of carbonyl (C=O) groups is 1. The van der Waals surface area contributed by atoms with Gasteiger partial charge in [-0.05, 0) is 44.2 Å². The number of hydrogen-bond acceptors (Lipinski definition) is 3. The van der Waals surface area contributed by atoms with E-state index in [1.165, 1.54) is 12.1 Å². The van der Waals surface area contributed by atoms with Gasteiger partial charge in [-0.25, -0.2) is 8.78 Å². The number of benzene rings is 1. The molecule has 2 bridgehead atoms. The summed E-state index contributed by atoms with van der Waals surface area (Å²) in [6.45, 7) is 7.26. The number of piperazine rings is 1. The first kappa shape index (κ1) is 18.8. The molecule has 4 rings (SSSR count). The first-order valence-corrected chi connectivity index (χ1v) is 10.1. The van der Waals surface area contributed by atoms with Crippen molar-refractivity contribution in [3.63, 3.8) is 0 Å². The third-order valence-electron chi connectivity index (χ3n) is 6.40. The summed E-state index contributed by atoms with van der Waals surface area (Å²) in [4.78, 5) is 17.5. The van der Waals surface area contributed by atoms with Gasteiger partial charge in [0.25, 0.3) is 0 Å². The number of fused-ring (bicyclic) bond motifs is 2. The van der Waals surface area contributed by atoms with Crippen molar-refractivity contribution in [2.24, 2.45) is 5.92 Å². The molecule has 1 aromatic rings. The van der Waals surface area contributed by atoms with E-state index in [-0.39, 0.29) is 23.5 Å². The number of likely N-dealkylation sites (tertiary alicyclic amines) is 2. The lowest BCUT2D eigenvalue weighted by atomic mass is 9.87. The molecule has 3 aliphatic rings. The van der Waals surface area contributed by atoms with Crippen molar-refractivity contribution in [2.75, 3.05) is 19.6 Å². The summed E-state index contributed by atoms with van der Waals surface area (Å²) in [7, 11) is 0. The molecule has 0 saturated carbocycles. The number of halogens is 2. The van der Waals surface area contributed by atoms with Gasteiger partial charge in [-0.3, -0.25) is 9.69 Å². The molecule has 1 amide bonds. The Labute approximate surface area is 159 Å². The lowest BCUT2D eigenvalue weighted by Gasteiger charge is -2.44. The van der Waals surface area contributed by atoms with Gasteiger partial charge in [-0.2, -0.15) is 0 Å². The van der Waals surface area contributed by atoms with E-state index < -0.39 is 11.6 Å². The largest absolute Gasteiger partial charge is 0.333 e. The van der Waals surface area contributed by atoms with Gasteiger partial charge >= 0.3 is 0 Å². The molecule has 0 aliphatic carbocycles. The second kappa shape index (κ2) is 7.13. The lowest BCUT2D eigenvalue weighted by molar-refractivity contribution is -0.140. The van der Waals surface area contributed by atoms with Crippen molar-refractivity contribution >= 4 is 5.91 Å². The van der Waals surface area contributed by atoms with E-state index in [1.54, 1.807) is 0 Å². The zero-order valence-electron chi connectivity index (χ0n) is 16.2. The van der Waals surface area contributed by atoms with Crippen LogP contribution in [0.25, 0.3) is 0 Å². The highest BCUT2D eigenvalue weighted by molar-refractivity contribution is 5.83. The minimum absolute atomic E-state index is 0.0450.